The van der Waals surface area contributed by atoms with Crippen LogP contribution in [0.15, 0.2) is 0 Å². The Kier molecular flexibility index (Phi) is 3.06. The Labute approximate surface area is 84.4 Å². The van der Waals surface area contributed by atoms with Gasteiger partial charge in [0.1, 0.15) is 0 Å². The third-order valence-electron chi connectivity index (χ3n) is 3.46. The van der Waals surface area contributed by atoms with E-state index in [-0.39, 0.29) is 5.92 Å². The average molecular weight is 198 g/mol. The van der Waals surface area contributed by atoms with Crippen LogP contribution in [-0.2, 0) is 9.53 Å². The van der Waals surface area contributed by atoms with Crippen LogP contribution in [0.25, 0.3) is 0 Å². The Hall–Kier alpha value is -0.570. The molecule has 2 saturated carbocycles. The van der Waals surface area contributed by atoms with Gasteiger partial charge in [0, 0.05) is 0 Å². The lowest BCUT2D eigenvalue weighted by atomic mass is 9.87. The van der Waals surface area contributed by atoms with E-state index in [2.05, 4.69) is 0 Å². The van der Waals surface area contributed by atoms with Crippen LogP contribution >= 0.6 is 0 Å². The maximum Gasteiger partial charge on any atom is 0.306 e. The summed E-state index contributed by atoms with van der Waals surface area (Å²) in [7, 11) is 0. The summed E-state index contributed by atoms with van der Waals surface area (Å²) < 4.78 is 5.86. The van der Waals surface area contributed by atoms with E-state index in [4.69, 9.17) is 9.84 Å². The SMILES string of the molecule is O=C(O)C1CCC(OC2CCC2)CC1. The van der Waals surface area contributed by atoms with Crippen molar-refractivity contribution in [3.8, 4) is 0 Å². The van der Waals surface area contributed by atoms with Crippen LogP contribution in [0.2, 0.25) is 0 Å². The lowest BCUT2D eigenvalue weighted by molar-refractivity contribution is -0.144. The second-order valence-corrected chi connectivity index (χ2v) is 4.50. The smallest absolute Gasteiger partial charge is 0.306 e. The van der Waals surface area contributed by atoms with Gasteiger partial charge in [0.25, 0.3) is 0 Å². The van der Waals surface area contributed by atoms with Crippen LogP contribution < -0.4 is 0 Å². The largest absolute Gasteiger partial charge is 0.481 e. The van der Waals surface area contributed by atoms with E-state index in [1.807, 2.05) is 0 Å². The zero-order valence-corrected chi connectivity index (χ0v) is 8.45. The Bertz CT molecular complexity index is 203. The molecule has 3 nitrogen and oxygen atoms in total. The van der Waals surface area contributed by atoms with Crippen LogP contribution in [0.4, 0.5) is 0 Å². The van der Waals surface area contributed by atoms with Crippen LogP contribution in [0.3, 0.4) is 0 Å². The molecule has 14 heavy (non-hydrogen) atoms. The predicted octanol–water partition coefficient (Wildman–Crippen LogP) is 2.20. The van der Waals surface area contributed by atoms with Crippen LogP contribution in [-0.4, -0.2) is 23.3 Å². The zero-order chi connectivity index (χ0) is 9.97. The van der Waals surface area contributed by atoms with Gasteiger partial charge in [-0.2, -0.15) is 0 Å². The quantitative estimate of drug-likeness (QED) is 0.756. The van der Waals surface area contributed by atoms with E-state index < -0.39 is 5.97 Å². The molecule has 0 atom stereocenters. The molecule has 1 N–H and O–H groups in total. The zero-order valence-electron chi connectivity index (χ0n) is 8.45. The van der Waals surface area contributed by atoms with Crippen molar-refractivity contribution in [2.75, 3.05) is 0 Å². The van der Waals surface area contributed by atoms with E-state index >= 15 is 0 Å². The first-order valence-corrected chi connectivity index (χ1v) is 5.64. The summed E-state index contributed by atoms with van der Waals surface area (Å²) in [5, 5.41) is 8.82. The van der Waals surface area contributed by atoms with Crippen LogP contribution in [0.5, 0.6) is 0 Å². The number of hydrogen-bond donors (Lipinski definition) is 1. The monoisotopic (exact) mass is 198 g/mol. The fourth-order valence-electron chi connectivity index (χ4n) is 2.22. The molecule has 2 rings (SSSR count). The minimum atomic E-state index is -0.632. The standard InChI is InChI=1S/C11H18O3/c12-11(13)8-4-6-10(7-5-8)14-9-2-1-3-9/h8-10H,1-7H2,(H,12,13). The lowest BCUT2D eigenvalue weighted by Gasteiger charge is -2.33. The Balaban J connectivity index is 1.69. The van der Waals surface area contributed by atoms with Gasteiger partial charge in [0.05, 0.1) is 18.1 Å². The van der Waals surface area contributed by atoms with Gasteiger partial charge in [-0.05, 0) is 44.9 Å². The molecule has 0 spiro atoms. The minimum Gasteiger partial charge on any atom is -0.481 e. The number of hydrogen-bond acceptors (Lipinski definition) is 2. The summed E-state index contributed by atoms with van der Waals surface area (Å²) in [4.78, 5) is 10.7. The minimum absolute atomic E-state index is 0.115. The highest BCUT2D eigenvalue weighted by atomic mass is 16.5. The molecule has 2 fully saturated rings. The van der Waals surface area contributed by atoms with E-state index in [1.165, 1.54) is 19.3 Å². The van der Waals surface area contributed by atoms with Crippen molar-refractivity contribution in [2.24, 2.45) is 5.92 Å². The van der Waals surface area contributed by atoms with E-state index in [9.17, 15) is 4.79 Å². The van der Waals surface area contributed by atoms with Crippen molar-refractivity contribution in [1.82, 2.24) is 0 Å². The van der Waals surface area contributed by atoms with Crippen molar-refractivity contribution in [3.05, 3.63) is 0 Å². The van der Waals surface area contributed by atoms with Crippen molar-refractivity contribution in [1.29, 1.82) is 0 Å². The summed E-state index contributed by atoms with van der Waals surface area (Å²) in [5.41, 5.74) is 0. The molecular weight excluding hydrogens is 180 g/mol. The van der Waals surface area contributed by atoms with Gasteiger partial charge >= 0.3 is 5.97 Å². The maximum absolute atomic E-state index is 10.7. The predicted molar refractivity (Wildman–Crippen MR) is 52.1 cm³/mol. The molecule has 0 heterocycles. The van der Waals surface area contributed by atoms with Crippen molar-refractivity contribution in [3.63, 3.8) is 0 Å². The summed E-state index contributed by atoms with van der Waals surface area (Å²) in [6.07, 6.45) is 8.02. The Morgan fingerprint density at radius 1 is 1.00 bits per heavy atom. The van der Waals surface area contributed by atoms with Crippen molar-refractivity contribution >= 4 is 5.97 Å². The normalized spacial score (nSPS) is 33.7. The molecule has 0 aromatic carbocycles. The fraction of sp³-hybridized carbons (Fsp3) is 0.909. The molecule has 2 aliphatic rings. The molecule has 0 aromatic heterocycles. The van der Waals surface area contributed by atoms with Gasteiger partial charge < -0.3 is 9.84 Å². The third-order valence-corrected chi connectivity index (χ3v) is 3.46. The molecule has 0 radical (unpaired) electrons. The topological polar surface area (TPSA) is 46.5 Å². The molecule has 0 bridgehead atoms. The maximum atomic E-state index is 10.7. The number of carbonyl (C=O) groups is 1. The summed E-state index contributed by atoms with van der Waals surface area (Å²) >= 11 is 0. The molecule has 0 aliphatic heterocycles. The molecule has 0 amide bonds. The number of rotatable bonds is 3. The number of aliphatic carboxylic acids is 1. The first-order chi connectivity index (χ1) is 6.75. The summed E-state index contributed by atoms with van der Waals surface area (Å²) in [6.45, 7) is 0. The average Bonchev–Trinajstić information content (AvgIpc) is 2.12. The van der Waals surface area contributed by atoms with E-state index in [0.29, 0.717) is 12.2 Å². The Morgan fingerprint density at radius 3 is 2.00 bits per heavy atom. The second kappa shape index (κ2) is 4.30. The molecule has 0 aromatic rings. The van der Waals surface area contributed by atoms with Gasteiger partial charge in [-0.3, -0.25) is 4.79 Å². The van der Waals surface area contributed by atoms with Gasteiger partial charge in [-0.1, -0.05) is 0 Å². The highest BCUT2D eigenvalue weighted by Gasteiger charge is 2.29. The highest BCUT2D eigenvalue weighted by Crippen LogP contribution is 2.31. The number of carboxylic acid groups (broad SMARTS) is 1. The van der Waals surface area contributed by atoms with Crippen LogP contribution in [0, 0.1) is 5.92 Å². The van der Waals surface area contributed by atoms with Gasteiger partial charge in [0.15, 0.2) is 0 Å². The number of carboxylic acids is 1. The van der Waals surface area contributed by atoms with Crippen molar-refractivity contribution in [2.45, 2.75) is 57.2 Å². The first kappa shape index (κ1) is 9.97. The molecule has 0 unspecified atom stereocenters. The molecule has 3 heteroatoms. The second-order valence-electron chi connectivity index (χ2n) is 4.50. The summed E-state index contributed by atoms with van der Waals surface area (Å²) in [5.74, 6) is -0.747. The van der Waals surface area contributed by atoms with E-state index in [1.54, 1.807) is 0 Å². The lowest BCUT2D eigenvalue weighted by Crippen LogP contribution is -2.32. The first-order valence-electron chi connectivity index (χ1n) is 5.64. The van der Waals surface area contributed by atoms with Crippen LogP contribution in [0.1, 0.15) is 44.9 Å². The molecule has 0 saturated heterocycles. The highest BCUT2D eigenvalue weighted by molar-refractivity contribution is 5.70. The van der Waals surface area contributed by atoms with Crippen molar-refractivity contribution < 1.29 is 14.6 Å². The molecular formula is C11H18O3. The number of ether oxygens (including phenoxy) is 1. The Morgan fingerprint density at radius 2 is 1.57 bits per heavy atom. The van der Waals surface area contributed by atoms with E-state index in [0.717, 1.165) is 25.7 Å². The molecule has 2 aliphatic carbocycles. The van der Waals surface area contributed by atoms with Gasteiger partial charge in [-0.25, -0.2) is 0 Å². The summed E-state index contributed by atoms with van der Waals surface area (Å²) in [6, 6.07) is 0. The fourth-order valence-corrected chi connectivity index (χ4v) is 2.22. The third kappa shape index (κ3) is 2.27. The van der Waals surface area contributed by atoms with Gasteiger partial charge in [0.2, 0.25) is 0 Å². The molecule has 80 valence electrons. The van der Waals surface area contributed by atoms with Gasteiger partial charge in [-0.15, -0.1) is 0 Å².